The van der Waals surface area contributed by atoms with Gasteiger partial charge in [0.05, 0.1) is 16.1 Å². The summed E-state index contributed by atoms with van der Waals surface area (Å²) in [6.45, 7) is 6.87. The number of carbonyl (C=O) groups excluding carboxylic acids is 1. The van der Waals surface area contributed by atoms with Gasteiger partial charge in [0.15, 0.2) is 0 Å². The number of hydrogen-bond donors (Lipinski definition) is 1. The number of hydroxylamine groups is 2. The minimum Gasteiger partial charge on any atom is -0.292 e. The topological polar surface area (TPSA) is 56.7 Å². The normalized spacial score (nSPS) is 16.3. The van der Waals surface area contributed by atoms with Gasteiger partial charge >= 0.3 is 0 Å². The lowest BCUT2D eigenvalue weighted by atomic mass is 9.85. The molecule has 5 nitrogen and oxygen atoms in total. The molecule has 1 aliphatic rings. The van der Waals surface area contributed by atoms with Crippen molar-refractivity contribution in [2.75, 3.05) is 13.6 Å². The van der Waals surface area contributed by atoms with Gasteiger partial charge in [-0.3, -0.25) is 19.9 Å². The molecular weight excluding hydrogens is 358 g/mol. The second-order valence-corrected chi connectivity index (χ2v) is 8.87. The molecule has 3 aromatic rings. The van der Waals surface area contributed by atoms with Crippen molar-refractivity contribution in [1.82, 2.24) is 14.9 Å². The zero-order valence-corrected chi connectivity index (χ0v) is 16.6. The minimum absolute atomic E-state index is 0.0539. The van der Waals surface area contributed by atoms with Gasteiger partial charge in [-0.2, -0.15) is 0 Å². The van der Waals surface area contributed by atoms with E-state index in [4.69, 9.17) is 4.98 Å². The number of para-hydroxylation sites is 1. The highest BCUT2D eigenvalue weighted by Gasteiger charge is 2.35. The van der Waals surface area contributed by atoms with Crippen LogP contribution in [0.3, 0.4) is 0 Å². The number of thiophene rings is 1. The highest BCUT2D eigenvalue weighted by molar-refractivity contribution is 7.14. The predicted molar refractivity (Wildman–Crippen MR) is 107 cm³/mol. The summed E-state index contributed by atoms with van der Waals surface area (Å²) in [5, 5.41) is 11.3. The summed E-state index contributed by atoms with van der Waals surface area (Å²) < 4.78 is 0. The second-order valence-electron chi connectivity index (χ2n) is 7.82. The molecule has 0 spiro atoms. The zero-order valence-electron chi connectivity index (χ0n) is 15.8. The number of fused-ring (bicyclic) bond motifs is 2. The van der Waals surface area contributed by atoms with Gasteiger partial charge in [-0.25, -0.2) is 5.06 Å². The smallest absolute Gasteiger partial charge is 0.287 e. The average molecular weight is 382 g/mol. The first kappa shape index (κ1) is 18.1. The molecule has 1 N–H and O–H groups in total. The highest BCUT2D eigenvalue weighted by atomic mass is 32.1. The van der Waals surface area contributed by atoms with Crippen LogP contribution in [0.1, 0.15) is 39.7 Å². The Morgan fingerprint density at radius 3 is 2.85 bits per heavy atom. The molecule has 3 heterocycles. The summed E-state index contributed by atoms with van der Waals surface area (Å²) in [6.07, 6.45) is 0. The Labute approximate surface area is 162 Å². The molecule has 27 heavy (non-hydrogen) atoms. The Kier molecular flexibility index (Phi) is 4.50. The van der Waals surface area contributed by atoms with Crippen molar-refractivity contribution in [3.05, 3.63) is 63.5 Å². The maximum Gasteiger partial charge on any atom is 0.287 e. The lowest BCUT2D eigenvalue weighted by Crippen LogP contribution is -2.40. The van der Waals surface area contributed by atoms with E-state index in [0.29, 0.717) is 9.94 Å². The number of amides is 1. The van der Waals surface area contributed by atoms with Crippen molar-refractivity contribution in [2.24, 2.45) is 0 Å². The molecule has 140 valence electrons. The maximum absolute atomic E-state index is 12.1. The van der Waals surface area contributed by atoms with E-state index in [1.807, 2.05) is 24.3 Å². The van der Waals surface area contributed by atoms with Gasteiger partial charge in [-0.05, 0) is 23.8 Å². The average Bonchev–Trinajstić information content (AvgIpc) is 3.05. The quantitative estimate of drug-likeness (QED) is 0.549. The summed E-state index contributed by atoms with van der Waals surface area (Å²) in [5.74, 6) is -0.354. The van der Waals surface area contributed by atoms with Crippen molar-refractivity contribution < 1.29 is 10.0 Å². The van der Waals surface area contributed by atoms with Crippen LogP contribution in [-0.4, -0.2) is 39.7 Å². The number of hydrogen-bond acceptors (Lipinski definition) is 5. The summed E-state index contributed by atoms with van der Waals surface area (Å²) in [7, 11) is 1.36. The fourth-order valence-corrected chi connectivity index (χ4v) is 5.08. The van der Waals surface area contributed by atoms with E-state index in [1.54, 1.807) is 0 Å². The van der Waals surface area contributed by atoms with Gasteiger partial charge in [0.25, 0.3) is 5.91 Å². The van der Waals surface area contributed by atoms with E-state index in [0.717, 1.165) is 36.2 Å². The van der Waals surface area contributed by atoms with Gasteiger partial charge in [-0.15, -0.1) is 11.3 Å². The standard InChI is InChI=1S/C21H23N3O2S/c1-21(2)13-24(11-15-10-18(27-19(15)21)20(25)23(3)26)12-16-9-8-14-6-4-5-7-17(14)22-16/h4-10,26H,11-13H2,1-3H3. The fraction of sp³-hybridized carbons (Fsp3) is 0.333. The first-order valence-electron chi connectivity index (χ1n) is 9.01. The third kappa shape index (κ3) is 3.48. The van der Waals surface area contributed by atoms with Crippen LogP contribution in [0.2, 0.25) is 0 Å². The summed E-state index contributed by atoms with van der Waals surface area (Å²) >= 11 is 1.50. The number of rotatable bonds is 3. The first-order valence-corrected chi connectivity index (χ1v) is 9.82. The molecule has 0 bridgehead atoms. The fourth-order valence-electron chi connectivity index (χ4n) is 3.85. The van der Waals surface area contributed by atoms with Crippen LogP contribution in [0.25, 0.3) is 10.9 Å². The van der Waals surface area contributed by atoms with Crippen molar-refractivity contribution in [2.45, 2.75) is 32.4 Å². The van der Waals surface area contributed by atoms with Crippen LogP contribution in [0, 0.1) is 0 Å². The molecule has 0 radical (unpaired) electrons. The molecule has 4 rings (SSSR count). The first-order chi connectivity index (χ1) is 12.8. The van der Waals surface area contributed by atoms with E-state index in [-0.39, 0.29) is 11.3 Å². The maximum atomic E-state index is 12.1. The van der Waals surface area contributed by atoms with Crippen LogP contribution in [-0.2, 0) is 18.5 Å². The lowest BCUT2D eigenvalue weighted by molar-refractivity contribution is -0.0371. The Morgan fingerprint density at radius 2 is 2.07 bits per heavy atom. The Balaban J connectivity index is 1.60. The highest BCUT2D eigenvalue weighted by Crippen LogP contribution is 2.39. The monoisotopic (exact) mass is 381 g/mol. The number of carbonyl (C=O) groups is 1. The molecule has 0 saturated heterocycles. The van der Waals surface area contributed by atoms with Crippen molar-refractivity contribution in [1.29, 1.82) is 0 Å². The summed E-state index contributed by atoms with van der Waals surface area (Å²) in [4.78, 5) is 21.1. The summed E-state index contributed by atoms with van der Waals surface area (Å²) in [5.41, 5.74) is 3.18. The van der Waals surface area contributed by atoms with E-state index >= 15 is 0 Å². The minimum atomic E-state index is -0.354. The zero-order chi connectivity index (χ0) is 19.2. The van der Waals surface area contributed by atoms with E-state index < -0.39 is 0 Å². The number of aromatic nitrogens is 1. The molecule has 1 aliphatic heterocycles. The van der Waals surface area contributed by atoms with Crippen molar-refractivity contribution in [3.8, 4) is 0 Å². The molecule has 0 saturated carbocycles. The molecule has 6 heteroatoms. The van der Waals surface area contributed by atoms with Crippen LogP contribution in [0.15, 0.2) is 42.5 Å². The van der Waals surface area contributed by atoms with Gasteiger partial charge in [0.1, 0.15) is 0 Å². The SMILES string of the molecule is CN(O)C(=O)c1cc2c(s1)C(C)(C)CN(Cc1ccc3ccccc3n1)C2. The van der Waals surface area contributed by atoms with Gasteiger partial charge in [0.2, 0.25) is 0 Å². The molecule has 0 fully saturated rings. The van der Waals surface area contributed by atoms with Crippen molar-refractivity contribution in [3.63, 3.8) is 0 Å². The molecular formula is C21H23N3O2S. The van der Waals surface area contributed by atoms with E-state index in [2.05, 4.69) is 36.9 Å². The third-order valence-corrected chi connectivity index (χ3v) is 6.51. The van der Waals surface area contributed by atoms with Crippen LogP contribution < -0.4 is 0 Å². The van der Waals surface area contributed by atoms with Crippen LogP contribution in [0.5, 0.6) is 0 Å². The Bertz CT molecular complexity index is 1010. The lowest BCUT2D eigenvalue weighted by Gasteiger charge is -2.37. The molecule has 0 unspecified atom stereocenters. The number of nitrogens with zero attached hydrogens (tertiary/aromatic N) is 3. The number of pyridine rings is 1. The predicted octanol–water partition coefficient (Wildman–Crippen LogP) is 4.05. The number of benzene rings is 1. The Morgan fingerprint density at radius 1 is 1.30 bits per heavy atom. The summed E-state index contributed by atoms with van der Waals surface area (Å²) in [6, 6.07) is 14.3. The molecule has 1 aromatic carbocycles. The Hall–Kier alpha value is -2.28. The third-order valence-electron chi connectivity index (χ3n) is 4.98. The molecule has 0 atom stereocenters. The molecule has 1 amide bonds. The van der Waals surface area contributed by atoms with E-state index in [1.165, 1.54) is 28.8 Å². The van der Waals surface area contributed by atoms with Crippen LogP contribution in [0.4, 0.5) is 0 Å². The van der Waals surface area contributed by atoms with E-state index in [9.17, 15) is 10.0 Å². The molecule has 2 aromatic heterocycles. The van der Waals surface area contributed by atoms with Crippen LogP contribution >= 0.6 is 11.3 Å². The molecule has 0 aliphatic carbocycles. The second kappa shape index (κ2) is 6.71. The van der Waals surface area contributed by atoms with Gasteiger partial charge < -0.3 is 0 Å². The van der Waals surface area contributed by atoms with Gasteiger partial charge in [-0.1, -0.05) is 38.1 Å². The van der Waals surface area contributed by atoms with Crippen molar-refractivity contribution >= 4 is 28.1 Å². The largest absolute Gasteiger partial charge is 0.292 e. The van der Waals surface area contributed by atoms with Gasteiger partial charge in [0, 0.05) is 42.4 Å².